The Kier molecular flexibility index (Phi) is 9.69. The van der Waals surface area contributed by atoms with Gasteiger partial charge in [0.25, 0.3) is 23.1 Å². The highest BCUT2D eigenvalue weighted by Crippen LogP contribution is 2.38. The predicted molar refractivity (Wildman–Crippen MR) is 163 cm³/mol. The average Bonchev–Trinajstić information content (AvgIpc) is 3.02. The molecule has 0 fully saturated rings. The van der Waals surface area contributed by atoms with Crippen LogP contribution in [0, 0.1) is 10.1 Å². The Labute approximate surface area is 263 Å². The van der Waals surface area contributed by atoms with Crippen molar-refractivity contribution >= 4 is 41.0 Å². The van der Waals surface area contributed by atoms with E-state index in [-0.39, 0.29) is 30.1 Å². The van der Waals surface area contributed by atoms with Crippen molar-refractivity contribution in [1.29, 1.82) is 0 Å². The van der Waals surface area contributed by atoms with Crippen LogP contribution in [0.25, 0.3) is 0 Å². The molecular weight excluding hydrogens is 600 g/mol. The molecule has 14 heteroatoms. The Balaban J connectivity index is 1.83. The second kappa shape index (κ2) is 13.5. The van der Waals surface area contributed by atoms with Gasteiger partial charge < -0.3 is 30.5 Å². The molecule has 240 valence electrons. The molecule has 14 nitrogen and oxygen atoms in total. The van der Waals surface area contributed by atoms with E-state index in [1.165, 1.54) is 26.0 Å². The number of anilines is 1. The number of nitrogens with one attached hydrogen (secondary N) is 2. The van der Waals surface area contributed by atoms with E-state index < -0.39 is 64.6 Å². The summed E-state index contributed by atoms with van der Waals surface area (Å²) >= 11 is 0. The number of nitrogens with zero attached hydrogens (tertiary/aromatic N) is 2. The van der Waals surface area contributed by atoms with Gasteiger partial charge in [-0.3, -0.25) is 29.3 Å². The SMILES string of the molecule is CC1(C(=O)N(Cc2ccccc2)[C@](C)(Cc2ccccc2)C(=O)N[C@H](CCC(=O)O)C(=O)O)Oc2cc([N+](=O)[O-])ccc2NC1=O. The van der Waals surface area contributed by atoms with E-state index >= 15 is 0 Å². The topological polar surface area (TPSA) is 205 Å². The zero-order chi connectivity index (χ0) is 33.6. The number of nitro benzene ring substituents is 1. The number of carbonyl (C=O) groups is 5. The van der Waals surface area contributed by atoms with Gasteiger partial charge in [-0.05, 0) is 37.5 Å². The Morgan fingerprint density at radius 1 is 1.02 bits per heavy atom. The van der Waals surface area contributed by atoms with Crippen molar-refractivity contribution < 1.29 is 43.8 Å². The summed E-state index contributed by atoms with van der Waals surface area (Å²) in [6.07, 6.45) is -1.12. The quantitative estimate of drug-likeness (QED) is 0.123. The van der Waals surface area contributed by atoms with Crippen LogP contribution in [0.3, 0.4) is 0 Å². The number of aliphatic carboxylic acids is 2. The molecule has 46 heavy (non-hydrogen) atoms. The molecule has 0 saturated carbocycles. The van der Waals surface area contributed by atoms with Crippen LogP contribution in [-0.2, 0) is 36.9 Å². The first-order chi connectivity index (χ1) is 21.7. The fraction of sp³-hybridized carbons (Fsp3) is 0.281. The number of carboxylic acids is 2. The molecule has 3 atom stereocenters. The lowest BCUT2D eigenvalue weighted by molar-refractivity contribution is -0.385. The Bertz CT molecular complexity index is 1670. The monoisotopic (exact) mass is 632 g/mol. The summed E-state index contributed by atoms with van der Waals surface area (Å²) in [5.74, 6) is -5.69. The minimum atomic E-state index is -2.33. The fourth-order valence-corrected chi connectivity index (χ4v) is 5.09. The summed E-state index contributed by atoms with van der Waals surface area (Å²) in [7, 11) is 0. The number of carbonyl (C=O) groups excluding carboxylic acids is 3. The van der Waals surface area contributed by atoms with Crippen molar-refractivity contribution in [2.24, 2.45) is 0 Å². The van der Waals surface area contributed by atoms with E-state index in [0.717, 1.165) is 11.0 Å². The molecule has 0 radical (unpaired) electrons. The van der Waals surface area contributed by atoms with E-state index in [1.807, 2.05) is 0 Å². The minimum Gasteiger partial charge on any atom is -0.481 e. The number of fused-ring (bicyclic) bond motifs is 1. The number of hydrogen-bond donors (Lipinski definition) is 4. The van der Waals surface area contributed by atoms with Crippen molar-refractivity contribution in [3.63, 3.8) is 0 Å². The predicted octanol–water partition coefficient (Wildman–Crippen LogP) is 3.15. The maximum Gasteiger partial charge on any atom is 0.326 e. The molecule has 4 rings (SSSR count). The molecule has 0 bridgehead atoms. The highest BCUT2D eigenvalue weighted by Gasteiger charge is 2.55. The van der Waals surface area contributed by atoms with Crippen molar-refractivity contribution in [2.75, 3.05) is 5.32 Å². The lowest BCUT2D eigenvalue weighted by Crippen LogP contribution is -2.68. The fourth-order valence-electron chi connectivity index (χ4n) is 5.09. The molecule has 4 N–H and O–H groups in total. The first-order valence-electron chi connectivity index (χ1n) is 14.2. The van der Waals surface area contributed by atoms with Gasteiger partial charge in [-0.1, -0.05) is 60.7 Å². The van der Waals surface area contributed by atoms with Gasteiger partial charge in [-0.2, -0.15) is 0 Å². The zero-order valence-corrected chi connectivity index (χ0v) is 25.0. The van der Waals surface area contributed by atoms with Crippen LogP contribution in [0.2, 0.25) is 0 Å². The van der Waals surface area contributed by atoms with E-state index in [9.17, 15) is 39.2 Å². The maximum atomic E-state index is 14.7. The van der Waals surface area contributed by atoms with E-state index in [1.54, 1.807) is 60.7 Å². The minimum absolute atomic E-state index is 0.100. The highest BCUT2D eigenvalue weighted by atomic mass is 16.6. The largest absolute Gasteiger partial charge is 0.481 e. The molecular formula is C32H32N4O10. The third kappa shape index (κ3) is 7.12. The molecule has 1 unspecified atom stereocenters. The van der Waals surface area contributed by atoms with Gasteiger partial charge >= 0.3 is 11.9 Å². The van der Waals surface area contributed by atoms with Gasteiger partial charge in [-0.15, -0.1) is 0 Å². The van der Waals surface area contributed by atoms with Crippen molar-refractivity contribution in [2.45, 2.75) is 56.8 Å². The van der Waals surface area contributed by atoms with Gasteiger partial charge in [0.05, 0.1) is 16.7 Å². The molecule has 1 aliphatic heterocycles. The van der Waals surface area contributed by atoms with Gasteiger partial charge in [0.1, 0.15) is 11.6 Å². The Hall–Kier alpha value is -5.79. The third-order valence-electron chi connectivity index (χ3n) is 7.73. The first-order valence-corrected chi connectivity index (χ1v) is 14.2. The van der Waals surface area contributed by atoms with Gasteiger partial charge in [0.2, 0.25) is 5.91 Å². The van der Waals surface area contributed by atoms with E-state index in [2.05, 4.69) is 10.6 Å². The number of non-ortho nitro benzene ring substituents is 1. The molecule has 3 amide bonds. The number of benzene rings is 3. The van der Waals surface area contributed by atoms with Crippen LogP contribution < -0.4 is 15.4 Å². The van der Waals surface area contributed by atoms with Crippen LogP contribution in [0.5, 0.6) is 5.75 Å². The summed E-state index contributed by atoms with van der Waals surface area (Å²) in [5, 5.41) is 35.3. The number of rotatable bonds is 13. The van der Waals surface area contributed by atoms with Crippen molar-refractivity contribution in [3.05, 3.63) is 100 Å². The summed E-state index contributed by atoms with van der Waals surface area (Å²) in [5.41, 5.74) is -3.32. The number of ether oxygens (including phenoxy) is 1. The molecule has 0 aliphatic carbocycles. The van der Waals surface area contributed by atoms with Crippen LogP contribution in [0.15, 0.2) is 78.9 Å². The standard InChI is InChI=1S/C32H32N4O10/c1-31(18-20-9-5-3-6-10-20,28(41)34-24(27(39)40)15-16-26(37)38)35(19-21-11-7-4-8-12-21)30(43)32(2)29(42)33-23-14-13-22(36(44)45)17-25(23)46-32/h3-14,17,24H,15-16,18-19H2,1-2H3,(H,33,42)(H,34,41)(H,37,38)(H,39,40)/t24-,31-,32?/m1/s1. The van der Waals surface area contributed by atoms with Crippen LogP contribution in [0.1, 0.15) is 37.8 Å². The summed E-state index contributed by atoms with van der Waals surface area (Å²) in [4.78, 5) is 77.5. The molecule has 3 aromatic carbocycles. The smallest absolute Gasteiger partial charge is 0.326 e. The first kappa shape index (κ1) is 33.1. The Morgan fingerprint density at radius 2 is 1.63 bits per heavy atom. The highest BCUT2D eigenvalue weighted by molar-refractivity contribution is 6.16. The number of amides is 3. The molecule has 0 spiro atoms. The van der Waals surface area contributed by atoms with Gasteiger partial charge in [0, 0.05) is 25.5 Å². The maximum absolute atomic E-state index is 14.7. The van der Waals surface area contributed by atoms with Crippen molar-refractivity contribution in [3.8, 4) is 5.75 Å². The summed E-state index contributed by atoms with van der Waals surface area (Å²) < 4.78 is 5.91. The van der Waals surface area contributed by atoms with Gasteiger partial charge in [-0.25, -0.2) is 4.79 Å². The normalized spacial score (nSPS) is 17.2. The summed E-state index contributed by atoms with van der Waals surface area (Å²) in [6.45, 7) is 2.35. The number of hydrogen-bond acceptors (Lipinski definition) is 8. The lowest BCUT2D eigenvalue weighted by atomic mass is 9.86. The van der Waals surface area contributed by atoms with E-state index in [0.29, 0.717) is 11.1 Å². The molecule has 1 aliphatic rings. The number of carboxylic acid groups (broad SMARTS) is 2. The van der Waals surface area contributed by atoms with Crippen LogP contribution in [0.4, 0.5) is 11.4 Å². The van der Waals surface area contributed by atoms with Crippen molar-refractivity contribution in [1.82, 2.24) is 10.2 Å². The third-order valence-corrected chi connectivity index (χ3v) is 7.73. The molecule has 1 heterocycles. The zero-order valence-electron chi connectivity index (χ0n) is 25.0. The number of nitro groups is 1. The molecule has 0 aromatic heterocycles. The Morgan fingerprint density at radius 3 is 2.20 bits per heavy atom. The molecule has 0 saturated heterocycles. The molecule has 3 aromatic rings. The van der Waals surface area contributed by atoms with Gasteiger partial charge in [0.15, 0.2) is 5.75 Å². The second-order valence-electron chi connectivity index (χ2n) is 11.1. The average molecular weight is 633 g/mol. The summed E-state index contributed by atoms with van der Waals surface area (Å²) in [6, 6.07) is 19.0. The second-order valence-corrected chi connectivity index (χ2v) is 11.1. The lowest BCUT2D eigenvalue weighted by Gasteiger charge is -2.45. The van der Waals surface area contributed by atoms with E-state index in [4.69, 9.17) is 9.84 Å². The van der Waals surface area contributed by atoms with Crippen LogP contribution in [-0.4, -0.2) is 66.9 Å². The van der Waals surface area contributed by atoms with Crippen LogP contribution >= 0.6 is 0 Å².